The van der Waals surface area contributed by atoms with Crippen molar-refractivity contribution in [3.05, 3.63) is 34.3 Å². The second-order valence-electron chi connectivity index (χ2n) is 6.39. The SMILES string of the molecule is CN=C(NCCS(=O)(=O)NCC1CCC1)N(C)Cc1ccccc1Br.I. The summed E-state index contributed by atoms with van der Waals surface area (Å²) in [4.78, 5) is 6.20. The molecule has 1 aromatic carbocycles. The quantitative estimate of drug-likeness (QED) is 0.292. The van der Waals surface area contributed by atoms with Crippen LogP contribution in [0, 0.1) is 5.92 Å². The fraction of sp³-hybridized carbons (Fsp3) is 0.588. The monoisotopic (exact) mass is 558 g/mol. The molecule has 148 valence electrons. The number of nitrogens with one attached hydrogen (secondary N) is 2. The summed E-state index contributed by atoms with van der Waals surface area (Å²) < 4.78 is 27.8. The van der Waals surface area contributed by atoms with Crippen molar-refractivity contribution in [2.45, 2.75) is 25.8 Å². The maximum Gasteiger partial charge on any atom is 0.213 e. The Bertz CT molecular complexity index is 696. The van der Waals surface area contributed by atoms with Gasteiger partial charge >= 0.3 is 0 Å². The van der Waals surface area contributed by atoms with E-state index < -0.39 is 10.0 Å². The molecule has 2 rings (SSSR count). The molecule has 1 aromatic rings. The highest BCUT2D eigenvalue weighted by Gasteiger charge is 2.20. The number of guanidine groups is 1. The Morgan fingerprint density at radius 1 is 1.35 bits per heavy atom. The van der Waals surface area contributed by atoms with Gasteiger partial charge in [-0.2, -0.15) is 0 Å². The zero-order valence-electron chi connectivity index (χ0n) is 15.2. The van der Waals surface area contributed by atoms with E-state index in [-0.39, 0.29) is 29.7 Å². The molecule has 0 heterocycles. The summed E-state index contributed by atoms with van der Waals surface area (Å²) in [5.41, 5.74) is 1.14. The summed E-state index contributed by atoms with van der Waals surface area (Å²) in [6.45, 7) is 1.57. The number of aliphatic imine (C=N–C) groups is 1. The molecule has 6 nitrogen and oxygen atoms in total. The van der Waals surface area contributed by atoms with Gasteiger partial charge < -0.3 is 10.2 Å². The average Bonchev–Trinajstić information content (AvgIpc) is 2.52. The molecule has 0 spiro atoms. The minimum atomic E-state index is -3.24. The van der Waals surface area contributed by atoms with Gasteiger partial charge in [0.1, 0.15) is 0 Å². The Balaban J connectivity index is 0.00000338. The fourth-order valence-electron chi connectivity index (χ4n) is 2.65. The van der Waals surface area contributed by atoms with Crippen LogP contribution in [0.4, 0.5) is 0 Å². The molecule has 1 fully saturated rings. The minimum absolute atomic E-state index is 0. The summed E-state index contributed by atoms with van der Waals surface area (Å²) in [6.07, 6.45) is 3.48. The van der Waals surface area contributed by atoms with Crippen LogP contribution in [0.2, 0.25) is 0 Å². The predicted octanol–water partition coefficient (Wildman–Crippen LogP) is 2.79. The molecule has 1 aliphatic rings. The lowest BCUT2D eigenvalue weighted by atomic mass is 9.86. The molecular formula is C17H28BrIN4O2S. The highest BCUT2D eigenvalue weighted by Crippen LogP contribution is 2.25. The van der Waals surface area contributed by atoms with Crippen LogP contribution in [0.5, 0.6) is 0 Å². The minimum Gasteiger partial charge on any atom is -0.355 e. The zero-order chi connectivity index (χ0) is 18.3. The molecule has 0 saturated heterocycles. The van der Waals surface area contributed by atoms with Gasteiger partial charge in [0.25, 0.3) is 0 Å². The molecule has 9 heteroatoms. The second-order valence-corrected chi connectivity index (χ2v) is 9.17. The largest absolute Gasteiger partial charge is 0.355 e. The van der Waals surface area contributed by atoms with Gasteiger partial charge in [-0.15, -0.1) is 24.0 Å². The first-order valence-corrected chi connectivity index (χ1v) is 11.0. The fourth-order valence-corrected chi connectivity index (χ4v) is 4.07. The van der Waals surface area contributed by atoms with E-state index >= 15 is 0 Å². The Morgan fingerprint density at radius 2 is 2.04 bits per heavy atom. The van der Waals surface area contributed by atoms with Gasteiger partial charge in [-0.05, 0) is 30.4 Å². The molecule has 1 saturated carbocycles. The Hall–Kier alpha value is -0.390. The van der Waals surface area contributed by atoms with Crippen LogP contribution in [0.15, 0.2) is 33.7 Å². The van der Waals surface area contributed by atoms with Crippen LogP contribution in [0.25, 0.3) is 0 Å². The average molecular weight is 559 g/mol. The van der Waals surface area contributed by atoms with Crippen LogP contribution < -0.4 is 10.0 Å². The van der Waals surface area contributed by atoms with Gasteiger partial charge in [0.2, 0.25) is 10.0 Å². The summed E-state index contributed by atoms with van der Waals surface area (Å²) in [6, 6.07) is 8.01. The van der Waals surface area contributed by atoms with Crippen molar-refractivity contribution in [3.63, 3.8) is 0 Å². The Morgan fingerprint density at radius 3 is 2.62 bits per heavy atom. The number of sulfonamides is 1. The number of hydrogen-bond donors (Lipinski definition) is 2. The van der Waals surface area contributed by atoms with Crippen LogP contribution in [0.3, 0.4) is 0 Å². The number of benzene rings is 1. The summed E-state index contributed by atoms with van der Waals surface area (Å²) in [7, 11) is 0.384. The molecule has 0 bridgehead atoms. The highest BCUT2D eigenvalue weighted by atomic mass is 127. The molecule has 2 N–H and O–H groups in total. The van der Waals surface area contributed by atoms with E-state index in [0.717, 1.165) is 22.9 Å². The first-order chi connectivity index (χ1) is 11.9. The normalized spacial score (nSPS) is 15.1. The van der Waals surface area contributed by atoms with E-state index in [2.05, 4.69) is 31.0 Å². The summed E-state index contributed by atoms with van der Waals surface area (Å²) >= 11 is 3.54. The molecule has 0 amide bonds. The van der Waals surface area contributed by atoms with Crippen molar-refractivity contribution in [2.24, 2.45) is 10.9 Å². The number of nitrogens with zero attached hydrogens (tertiary/aromatic N) is 2. The lowest BCUT2D eigenvalue weighted by Crippen LogP contribution is -2.42. The van der Waals surface area contributed by atoms with Gasteiger partial charge in [0, 0.05) is 38.2 Å². The van der Waals surface area contributed by atoms with E-state index in [1.54, 1.807) is 7.05 Å². The van der Waals surface area contributed by atoms with Gasteiger partial charge in [0.15, 0.2) is 5.96 Å². The van der Waals surface area contributed by atoms with Crippen LogP contribution in [-0.4, -0.2) is 52.2 Å². The lowest BCUT2D eigenvalue weighted by Gasteiger charge is -2.25. The maximum absolute atomic E-state index is 12.0. The van der Waals surface area contributed by atoms with Gasteiger partial charge in [-0.1, -0.05) is 40.5 Å². The maximum atomic E-state index is 12.0. The first-order valence-electron chi connectivity index (χ1n) is 8.54. The van der Waals surface area contributed by atoms with Gasteiger partial charge in [0.05, 0.1) is 5.75 Å². The third kappa shape index (κ3) is 7.69. The van der Waals surface area contributed by atoms with E-state index in [1.807, 2.05) is 36.2 Å². The predicted molar refractivity (Wildman–Crippen MR) is 122 cm³/mol. The van der Waals surface area contributed by atoms with Crippen molar-refractivity contribution in [1.82, 2.24) is 14.9 Å². The van der Waals surface area contributed by atoms with E-state index in [4.69, 9.17) is 0 Å². The molecule has 0 aliphatic heterocycles. The van der Waals surface area contributed by atoms with E-state index in [0.29, 0.717) is 31.5 Å². The molecule has 0 aromatic heterocycles. The third-order valence-corrected chi connectivity index (χ3v) is 6.53. The summed E-state index contributed by atoms with van der Waals surface area (Å²) in [5.74, 6) is 1.23. The van der Waals surface area contributed by atoms with Crippen LogP contribution >= 0.6 is 39.9 Å². The number of halogens is 2. The molecule has 0 atom stereocenters. The first kappa shape index (κ1) is 23.6. The van der Waals surface area contributed by atoms with Gasteiger partial charge in [-0.3, -0.25) is 4.99 Å². The molecule has 0 unspecified atom stereocenters. The van der Waals surface area contributed by atoms with Crippen molar-refractivity contribution in [2.75, 3.05) is 32.9 Å². The van der Waals surface area contributed by atoms with Crippen molar-refractivity contribution < 1.29 is 8.42 Å². The van der Waals surface area contributed by atoms with Gasteiger partial charge in [-0.25, -0.2) is 13.1 Å². The number of rotatable bonds is 8. The topological polar surface area (TPSA) is 73.8 Å². The van der Waals surface area contributed by atoms with Crippen LogP contribution in [-0.2, 0) is 16.6 Å². The van der Waals surface area contributed by atoms with E-state index in [9.17, 15) is 8.42 Å². The number of hydrogen-bond acceptors (Lipinski definition) is 3. The third-order valence-electron chi connectivity index (χ3n) is 4.41. The lowest BCUT2D eigenvalue weighted by molar-refractivity contribution is 0.316. The molecule has 0 radical (unpaired) electrons. The highest BCUT2D eigenvalue weighted by molar-refractivity contribution is 14.0. The van der Waals surface area contributed by atoms with E-state index in [1.165, 1.54) is 6.42 Å². The standard InChI is InChI=1S/C17H27BrN4O2S.HI/c1-19-17(22(2)13-15-8-3-4-9-16(15)18)20-10-11-25(23,24)21-12-14-6-5-7-14;/h3-4,8-9,14,21H,5-7,10-13H2,1-2H3,(H,19,20);1H. The molecular weight excluding hydrogens is 531 g/mol. The molecule has 1 aliphatic carbocycles. The summed E-state index contributed by atoms with van der Waals surface area (Å²) in [5, 5.41) is 3.12. The smallest absolute Gasteiger partial charge is 0.213 e. The Labute approximate surface area is 182 Å². The molecule has 26 heavy (non-hydrogen) atoms. The zero-order valence-corrected chi connectivity index (χ0v) is 20.0. The Kier molecular flexibility index (Phi) is 10.4. The van der Waals surface area contributed by atoms with Crippen molar-refractivity contribution in [1.29, 1.82) is 0 Å². The van der Waals surface area contributed by atoms with Crippen LogP contribution in [0.1, 0.15) is 24.8 Å². The van der Waals surface area contributed by atoms with Crippen molar-refractivity contribution in [3.8, 4) is 0 Å². The second kappa shape index (κ2) is 11.5. The van der Waals surface area contributed by atoms with Crippen molar-refractivity contribution >= 4 is 55.9 Å².